The molecule has 3 rings (SSSR count). The summed E-state index contributed by atoms with van der Waals surface area (Å²) in [5, 5.41) is 5.76. The van der Waals surface area contributed by atoms with Crippen LogP contribution in [0.2, 0.25) is 5.02 Å². The highest BCUT2D eigenvalue weighted by Crippen LogP contribution is 2.21. The van der Waals surface area contributed by atoms with Crippen LogP contribution in [0.15, 0.2) is 77.7 Å². The van der Waals surface area contributed by atoms with Crippen LogP contribution in [0.25, 0.3) is 0 Å². The Morgan fingerprint density at radius 1 is 0.909 bits per heavy atom. The van der Waals surface area contributed by atoms with Gasteiger partial charge in [0, 0.05) is 29.9 Å². The van der Waals surface area contributed by atoms with Crippen LogP contribution in [0.3, 0.4) is 0 Å². The number of carbonyl (C=O) groups excluding carboxylic acids is 2. The number of rotatable bonds is 8. The molecule has 0 aliphatic carbocycles. The first-order chi connectivity index (χ1) is 15.6. The van der Waals surface area contributed by atoms with Gasteiger partial charge in [-0.3, -0.25) is 9.59 Å². The summed E-state index contributed by atoms with van der Waals surface area (Å²) in [5.74, 6) is -0.696. The van der Waals surface area contributed by atoms with Crippen LogP contribution >= 0.6 is 11.6 Å². The lowest BCUT2D eigenvalue weighted by atomic mass is 10.1. The quantitative estimate of drug-likeness (QED) is 0.493. The predicted molar refractivity (Wildman–Crippen MR) is 130 cm³/mol. The van der Waals surface area contributed by atoms with E-state index in [2.05, 4.69) is 10.6 Å². The summed E-state index contributed by atoms with van der Waals surface area (Å²) in [6.07, 6.45) is 0. The average Bonchev–Trinajstić information content (AvgIpc) is 2.74. The number of aryl methyl sites for hydroxylation is 1. The molecule has 3 aromatic carbocycles. The Balaban J connectivity index is 1.82. The lowest BCUT2D eigenvalue weighted by Crippen LogP contribution is -2.37. The molecule has 0 unspecified atom stereocenters. The van der Waals surface area contributed by atoms with E-state index in [9.17, 15) is 18.0 Å². The van der Waals surface area contributed by atoms with Crippen molar-refractivity contribution in [2.24, 2.45) is 0 Å². The van der Waals surface area contributed by atoms with Gasteiger partial charge in [0.1, 0.15) is 0 Å². The van der Waals surface area contributed by atoms with E-state index in [4.69, 9.17) is 11.6 Å². The van der Waals surface area contributed by atoms with Gasteiger partial charge in [0.05, 0.1) is 11.4 Å². The first-order valence-electron chi connectivity index (χ1n) is 10.1. The fraction of sp³-hybridized carbons (Fsp3) is 0.167. The van der Waals surface area contributed by atoms with E-state index in [1.54, 1.807) is 24.3 Å². The fourth-order valence-electron chi connectivity index (χ4n) is 3.20. The summed E-state index contributed by atoms with van der Waals surface area (Å²) in [5.41, 5.74) is 2.82. The third-order valence-electron chi connectivity index (χ3n) is 4.70. The molecule has 0 radical (unpaired) electrons. The number of nitrogens with zero attached hydrogens (tertiary/aromatic N) is 1. The van der Waals surface area contributed by atoms with Crippen molar-refractivity contribution in [3.05, 3.63) is 88.9 Å². The molecule has 0 aliphatic rings. The molecule has 0 saturated carbocycles. The van der Waals surface area contributed by atoms with Crippen LogP contribution in [0, 0.1) is 6.92 Å². The molecule has 0 aliphatic heterocycles. The standard InChI is InChI=1S/C24H24ClN3O4S/c1-17-4-3-5-19(14-17)15-28(33(31,32)23-12-6-20(25)7-13-23)16-24(30)27-22-10-8-21(9-11-22)26-18(2)29/h3-14H,15-16H2,1-2H3,(H,26,29)(H,27,30). The fourth-order valence-corrected chi connectivity index (χ4v) is 4.71. The molecule has 172 valence electrons. The van der Waals surface area contributed by atoms with Crippen LogP contribution in [0.5, 0.6) is 0 Å². The number of carbonyl (C=O) groups is 2. The van der Waals surface area contributed by atoms with Gasteiger partial charge in [-0.15, -0.1) is 0 Å². The minimum atomic E-state index is -3.97. The molecule has 3 aromatic rings. The summed E-state index contributed by atoms with van der Waals surface area (Å²) >= 11 is 5.91. The Morgan fingerprint density at radius 3 is 2.09 bits per heavy atom. The second-order valence-corrected chi connectivity index (χ2v) is 9.90. The molecule has 0 saturated heterocycles. The molecule has 2 amide bonds. The molecule has 33 heavy (non-hydrogen) atoms. The molecule has 0 fully saturated rings. The first-order valence-corrected chi connectivity index (χ1v) is 11.9. The Kier molecular flexibility index (Phi) is 7.86. The van der Waals surface area contributed by atoms with Crippen molar-refractivity contribution in [3.63, 3.8) is 0 Å². The van der Waals surface area contributed by atoms with Gasteiger partial charge in [-0.2, -0.15) is 4.31 Å². The number of halogens is 1. The summed E-state index contributed by atoms with van der Waals surface area (Å²) in [4.78, 5) is 24.0. The summed E-state index contributed by atoms with van der Waals surface area (Å²) < 4.78 is 27.8. The first kappa shape index (κ1) is 24.4. The normalized spacial score (nSPS) is 11.3. The summed E-state index contributed by atoms with van der Waals surface area (Å²) in [6.45, 7) is 2.96. The van der Waals surface area contributed by atoms with Crippen LogP contribution in [-0.2, 0) is 26.2 Å². The van der Waals surface area contributed by atoms with Crippen LogP contribution < -0.4 is 10.6 Å². The molecule has 2 N–H and O–H groups in total. The minimum absolute atomic E-state index is 0.0293. The van der Waals surface area contributed by atoms with Gasteiger partial charge in [0.25, 0.3) is 0 Å². The number of hydrogen-bond donors (Lipinski definition) is 2. The zero-order chi connectivity index (χ0) is 24.0. The Hall–Kier alpha value is -3.20. The number of nitrogens with one attached hydrogen (secondary N) is 2. The minimum Gasteiger partial charge on any atom is -0.326 e. The maximum atomic E-state index is 13.3. The molecular weight excluding hydrogens is 462 g/mol. The molecule has 0 atom stereocenters. The van der Waals surface area contributed by atoms with E-state index in [0.29, 0.717) is 16.4 Å². The summed E-state index contributed by atoms with van der Waals surface area (Å²) in [6, 6.07) is 19.8. The molecule has 0 aromatic heterocycles. The Labute approximate surface area is 198 Å². The van der Waals surface area contributed by atoms with Gasteiger partial charge in [-0.05, 0) is 61.0 Å². The van der Waals surface area contributed by atoms with Crippen molar-refractivity contribution in [1.29, 1.82) is 0 Å². The van der Waals surface area contributed by atoms with Crippen molar-refractivity contribution < 1.29 is 18.0 Å². The van der Waals surface area contributed by atoms with E-state index in [-0.39, 0.29) is 23.9 Å². The molecule has 0 spiro atoms. The van der Waals surface area contributed by atoms with Crippen LogP contribution in [0.1, 0.15) is 18.1 Å². The lowest BCUT2D eigenvalue weighted by Gasteiger charge is -2.22. The highest BCUT2D eigenvalue weighted by atomic mass is 35.5. The van der Waals surface area contributed by atoms with Crippen molar-refractivity contribution in [2.75, 3.05) is 17.2 Å². The van der Waals surface area contributed by atoms with Gasteiger partial charge in [0.15, 0.2) is 0 Å². The molecule has 7 nitrogen and oxygen atoms in total. The number of benzene rings is 3. The molecule has 9 heteroatoms. The van der Waals surface area contributed by atoms with E-state index < -0.39 is 15.9 Å². The SMILES string of the molecule is CC(=O)Nc1ccc(NC(=O)CN(Cc2cccc(C)c2)S(=O)(=O)c2ccc(Cl)cc2)cc1. The summed E-state index contributed by atoms with van der Waals surface area (Å²) in [7, 11) is -3.97. The second-order valence-electron chi connectivity index (χ2n) is 7.52. The van der Waals surface area contributed by atoms with E-state index in [0.717, 1.165) is 15.4 Å². The predicted octanol–water partition coefficient (Wildman–Crippen LogP) is 4.44. The van der Waals surface area contributed by atoms with Gasteiger partial charge in [0.2, 0.25) is 21.8 Å². The molecule has 0 heterocycles. The van der Waals surface area contributed by atoms with Crippen LogP contribution in [-0.4, -0.2) is 31.1 Å². The van der Waals surface area contributed by atoms with E-state index >= 15 is 0 Å². The highest BCUT2D eigenvalue weighted by molar-refractivity contribution is 7.89. The monoisotopic (exact) mass is 485 g/mol. The van der Waals surface area contributed by atoms with Gasteiger partial charge in [-0.25, -0.2) is 8.42 Å². The highest BCUT2D eigenvalue weighted by Gasteiger charge is 2.27. The smallest absolute Gasteiger partial charge is 0.243 e. The van der Waals surface area contributed by atoms with Gasteiger partial charge >= 0.3 is 0 Å². The van der Waals surface area contributed by atoms with E-state index in [1.165, 1.54) is 31.2 Å². The average molecular weight is 486 g/mol. The zero-order valence-electron chi connectivity index (χ0n) is 18.2. The number of amides is 2. The maximum Gasteiger partial charge on any atom is 0.243 e. The van der Waals surface area contributed by atoms with Crippen molar-refractivity contribution in [2.45, 2.75) is 25.3 Å². The molecule has 0 bridgehead atoms. The Bertz CT molecular complexity index is 1240. The van der Waals surface area contributed by atoms with Crippen molar-refractivity contribution >= 4 is 44.8 Å². The van der Waals surface area contributed by atoms with Crippen molar-refractivity contribution in [1.82, 2.24) is 4.31 Å². The van der Waals surface area contributed by atoms with Gasteiger partial charge < -0.3 is 10.6 Å². The zero-order valence-corrected chi connectivity index (χ0v) is 19.8. The van der Waals surface area contributed by atoms with Crippen molar-refractivity contribution in [3.8, 4) is 0 Å². The number of hydrogen-bond acceptors (Lipinski definition) is 4. The van der Waals surface area contributed by atoms with Crippen LogP contribution in [0.4, 0.5) is 11.4 Å². The Morgan fingerprint density at radius 2 is 1.52 bits per heavy atom. The number of sulfonamides is 1. The lowest BCUT2D eigenvalue weighted by molar-refractivity contribution is -0.116. The largest absolute Gasteiger partial charge is 0.326 e. The maximum absolute atomic E-state index is 13.3. The van der Waals surface area contributed by atoms with Gasteiger partial charge in [-0.1, -0.05) is 41.4 Å². The third kappa shape index (κ3) is 6.89. The number of anilines is 2. The second kappa shape index (κ2) is 10.6. The third-order valence-corrected chi connectivity index (χ3v) is 6.76. The van der Waals surface area contributed by atoms with E-state index in [1.807, 2.05) is 31.2 Å². The molecular formula is C24H24ClN3O4S. The topological polar surface area (TPSA) is 95.6 Å².